The van der Waals surface area contributed by atoms with E-state index >= 15 is 0 Å². The van der Waals surface area contributed by atoms with Crippen molar-refractivity contribution in [3.05, 3.63) is 29.8 Å². The molecule has 0 bridgehead atoms. The van der Waals surface area contributed by atoms with Crippen LogP contribution in [-0.2, 0) is 22.8 Å². The summed E-state index contributed by atoms with van der Waals surface area (Å²) in [5.74, 6) is 0. The van der Waals surface area contributed by atoms with Crippen molar-refractivity contribution in [1.29, 1.82) is 0 Å². The number of rotatable bonds is 0. The zero-order valence-electron chi connectivity index (χ0n) is 7.47. The van der Waals surface area contributed by atoms with Crippen molar-refractivity contribution < 1.29 is 42.2 Å². The summed E-state index contributed by atoms with van der Waals surface area (Å²) in [6.07, 6.45) is 0. The van der Waals surface area contributed by atoms with Crippen LogP contribution >= 0.6 is 0 Å². The van der Waals surface area contributed by atoms with Crippen molar-refractivity contribution in [3.63, 3.8) is 0 Å². The Bertz CT molecular complexity index is 175. The molecule has 0 spiro atoms. The van der Waals surface area contributed by atoms with Crippen molar-refractivity contribution in [3.8, 4) is 0 Å². The summed E-state index contributed by atoms with van der Waals surface area (Å²) in [7, 11) is 0. The standard InChI is InChI=1S/C9H13.2ClH.Cr/c1-9(2,3)8-6-4-5-7-8;;;/h4-7H,1-3H3;2*1H;/q-1;;;+3/p-2. The van der Waals surface area contributed by atoms with Gasteiger partial charge < -0.3 is 24.8 Å². The summed E-state index contributed by atoms with van der Waals surface area (Å²) in [5, 5.41) is 0. The first-order chi connectivity index (χ1) is 4.11. The van der Waals surface area contributed by atoms with E-state index in [4.69, 9.17) is 0 Å². The van der Waals surface area contributed by atoms with Crippen LogP contribution in [0.4, 0.5) is 0 Å². The zero-order valence-corrected chi connectivity index (χ0v) is 10.3. The molecular formula is C9H13Cl2Cr. The van der Waals surface area contributed by atoms with Crippen LogP contribution in [0, 0.1) is 0 Å². The minimum atomic E-state index is 0. The zero-order chi connectivity index (χ0) is 6.91. The molecule has 0 aromatic heterocycles. The van der Waals surface area contributed by atoms with Crippen LogP contribution in [-0.4, -0.2) is 0 Å². The number of hydrogen-bond acceptors (Lipinski definition) is 0. The molecule has 0 nitrogen and oxygen atoms in total. The van der Waals surface area contributed by atoms with E-state index in [1.807, 2.05) is 0 Å². The second-order valence-electron chi connectivity index (χ2n) is 3.42. The Kier molecular flexibility index (Phi) is 10.6. The maximum absolute atomic E-state index is 2.22. The first kappa shape index (κ1) is 18.3. The van der Waals surface area contributed by atoms with Gasteiger partial charge in [-0.15, -0.1) is 0 Å². The number of halogens is 2. The summed E-state index contributed by atoms with van der Waals surface area (Å²) >= 11 is 0. The predicted octanol–water partition coefficient (Wildman–Crippen LogP) is -3.29. The molecule has 1 radical (unpaired) electrons. The summed E-state index contributed by atoms with van der Waals surface area (Å²) in [6, 6.07) is 8.50. The molecule has 1 aromatic rings. The molecule has 0 atom stereocenters. The van der Waals surface area contributed by atoms with E-state index in [0.717, 1.165) is 0 Å². The van der Waals surface area contributed by atoms with Gasteiger partial charge in [-0.2, -0.15) is 23.8 Å². The molecule has 0 unspecified atom stereocenters. The molecule has 0 saturated carbocycles. The van der Waals surface area contributed by atoms with Crippen molar-refractivity contribution >= 4 is 0 Å². The second-order valence-corrected chi connectivity index (χ2v) is 3.42. The quantitative estimate of drug-likeness (QED) is 0.420. The molecule has 0 N–H and O–H groups in total. The van der Waals surface area contributed by atoms with Gasteiger partial charge in [0, 0.05) is 0 Å². The van der Waals surface area contributed by atoms with Gasteiger partial charge in [-0.1, -0.05) is 26.2 Å². The predicted molar refractivity (Wildman–Crippen MR) is 40.7 cm³/mol. The Morgan fingerprint density at radius 2 is 1.67 bits per heavy atom. The van der Waals surface area contributed by atoms with Crippen molar-refractivity contribution in [1.82, 2.24) is 0 Å². The topological polar surface area (TPSA) is 0 Å². The molecule has 1 aromatic carbocycles. The molecule has 0 fully saturated rings. The van der Waals surface area contributed by atoms with Gasteiger partial charge in [0.1, 0.15) is 0 Å². The molecule has 3 heteroatoms. The third-order valence-electron chi connectivity index (χ3n) is 1.53. The largest absolute Gasteiger partial charge is 3.00 e. The van der Waals surface area contributed by atoms with Crippen molar-refractivity contribution in [2.24, 2.45) is 0 Å². The normalized spacial score (nSPS) is 8.92. The molecule has 12 heavy (non-hydrogen) atoms. The first-order valence-electron chi connectivity index (χ1n) is 3.33. The van der Waals surface area contributed by atoms with Crippen LogP contribution in [0.25, 0.3) is 0 Å². The molecule has 69 valence electrons. The van der Waals surface area contributed by atoms with E-state index in [2.05, 4.69) is 45.0 Å². The van der Waals surface area contributed by atoms with E-state index in [0.29, 0.717) is 5.41 Å². The Labute approximate surface area is 98.1 Å². The van der Waals surface area contributed by atoms with Crippen LogP contribution < -0.4 is 24.8 Å². The van der Waals surface area contributed by atoms with E-state index in [1.54, 1.807) is 0 Å². The monoisotopic (exact) mass is 243 g/mol. The van der Waals surface area contributed by atoms with Gasteiger partial charge in [0.15, 0.2) is 0 Å². The van der Waals surface area contributed by atoms with Crippen LogP contribution in [0.15, 0.2) is 24.3 Å². The maximum Gasteiger partial charge on any atom is 3.00 e. The molecule has 1 rings (SSSR count). The third kappa shape index (κ3) is 5.17. The van der Waals surface area contributed by atoms with Gasteiger partial charge in [-0.3, -0.25) is 0 Å². The van der Waals surface area contributed by atoms with E-state index in [-0.39, 0.29) is 42.2 Å². The average molecular weight is 244 g/mol. The van der Waals surface area contributed by atoms with Gasteiger partial charge in [-0.25, -0.2) is 6.07 Å². The minimum Gasteiger partial charge on any atom is -1.00 e. The Hall–Kier alpha value is 0.462. The smallest absolute Gasteiger partial charge is 1.00 e. The average Bonchev–Trinajstić information content (AvgIpc) is 2.08. The molecular weight excluding hydrogens is 231 g/mol. The van der Waals surface area contributed by atoms with Gasteiger partial charge >= 0.3 is 17.4 Å². The summed E-state index contributed by atoms with van der Waals surface area (Å²) in [4.78, 5) is 0. The van der Waals surface area contributed by atoms with E-state index in [1.165, 1.54) is 5.56 Å². The Morgan fingerprint density at radius 3 is 1.83 bits per heavy atom. The first-order valence-corrected chi connectivity index (χ1v) is 3.33. The molecule has 0 heterocycles. The summed E-state index contributed by atoms with van der Waals surface area (Å²) < 4.78 is 0. The van der Waals surface area contributed by atoms with E-state index in [9.17, 15) is 0 Å². The van der Waals surface area contributed by atoms with Crippen LogP contribution in [0.5, 0.6) is 0 Å². The molecule has 0 aliphatic heterocycles. The molecule has 0 aliphatic carbocycles. The second kappa shape index (κ2) is 6.92. The minimum absolute atomic E-state index is 0. The summed E-state index contributed by atoms with van der Waals surface area (Å²) in [5.41, 5.74) is 1.74. The SMILES string of the molecule is CC(C)(C)c1cc[cH-]c1.[Cl-].[Cl-].[Cr+3]. The van der Waals surface area contributed by atoms with Crippen molar-refractivity contribution in [2.45, 2.75) is 26.2 Å². The fourth-order valence-electron chi connectivity index (χ4n) is 0.874. The van der Waals surface area contributed by atoms with Gasteiger partial charge in [0.25, 0.3) is 0 Å². The Balaban J connectivity index is -0.000000270. The van der Waals surface area contributed by atoms with Gasteiger partial charge in [0.2, 0.25) is 0 Å². The maximum atomic E-state index is 2.22. The van der Waals surface area contributed by atoms with Crippen LogP contribution in [0.1, 0.15) is 26.3 Å². The number of hydrogen-bond donors (Lipinski definition) is 0. The van der Waals surface area contributed by atoms with Crippen molar-refractivity contribution in [2.75, 3.05) is 0 Å². The molecule has 0 aliphatic rings. The molecule has 0 amide bonds. The van der Waals surface area contributed by atoms with Gasteiger partial charge in [0.05, 0.1) is 0 Å². The fourth-order valence-corrected chi connectivity index (χ4v) is 0.874. The van der Waals surface area contributed by atoms with Gasteiger partial charge in [-0.05, 0) is 0 Å². The van der Waals surface area contributed by atoms with E-state index < -0.39 is 0 Å². The fraction of sp³-hybridized carbons (Fsp3) is 0.444. The molecule has 0 saturated heterocycles. The van der Waals surface area contributed by atoms with Crippen LogP contribution in [0.2, 0.25) is 0 Å². The summed E-state index contributed by atoms with van der Waals surface area (Å²) in [6.45, 7) is 6.67. The third-order valence-corrected chi connectivity index (χ3v) is 1.53. The van der Waals surface area contributed by atoms with Crippen LogP contribution in [0.3, 0.4) is 0 Å². The Morgan fingerprint density at radius 1 is 1.17 bits per heavy atom.